The SMILES string of the molecule is OC(Cc1cccc(Cl)c1)c1ccc2c(c1)CCO2. The lowest BCUT2D eigenvalue weighted by Crippen LogP contribution is -2.02. The Kier molecular flexibility index (Phi) is 3.45. The summed E-state index contributed by atoms with van der Waals surface area (Å²) in [4.78, 5) is 0. The zero-order valence-corrected chi connectivity index (χ0v) is 11.2. The van der Waals surface area contributed by atoms with Gasteiger partial charge in [0, 0.05) is 17.9 Å². The Morgan fingerprint density at radius 1 is 1.21 bits per heavy atom. The molecular formula is C16H15ClO2. The maximum Gasteiger partial charge on any atom is 0.122 e. The second kappa shape index (κ2) is 5.24. The molecule has 1 aliphatic heterocycles. The molecule has 2 aromatic carbocycles. The van der Waals surface area contributed by atoms with E-state index in [-0.39, 0.29) is 0 Å². The monoisotopic (exact) mass is 274 g/mol. The normalized spacial score (nSPS) is 14.8. The fraction of sp³-hybridized carbons (Fsp3) is 0.250. The molecule has 0 fully saturated rings. The van der Waals surface area contributed by atoms with E-state index in [1.165, 1.54) is 5.56 Å². The van der Waals surface area contributed by atoms with Crippen LogP contribution in [0.3, 0.4) is 0 Å². The summed E-state index contributed by atoms with van der Waals surface area (Å²) >= 11 is 5.95. The third-order valence-electron chi connectivity index (χ3n) is 3.42. The Morgan fingerprint density at radius 3 is 2.95 bits per heavy atom. The lowest BCUT2D eigenvalue weighted by Gasteiger charge is -2.12. The maximum atomic E-state index is 10.3. The fourth-order valence-corrected chi connectivity index (χ4v) is 2.63. The van der Waals surface area contributed by atoms with Crippen LogP contribution in [0.25, 0.3) is 0 Å². The van der Waals surface area contributed by atoms with Crippen LogP contribution in [0.2, 0.25) is 5.02 Å². The van der Waals surface area contributed by atoms with E-state index in [2.05, 4.69) is 0 Å². The largest absolute Gasteiger partial charge is 0.493 e. The molecule has 1 N–H and O–H groups in total. The molecule has 0 aliphatic carbocycles. The van der Waals surface area contributed by atoms with Crippen LogP contribution in [-0.2, 0) is 12.8 Å². The summed E-state index contributed by atoms with van der Waals surface area (Å²) in [6, 6.07) is 13.5. The van der Waals surface area contributed by atoms with Gasteiger partial charge in [0.05, 0.1) is 12.7 Å². The quantitative estimate of drug-likeness (QED) is 0.927. The standard InChI is InChI=1S/C16H15ClO2/c17-14-3-1-2-11(8-14)9-15(18)12-4-5-16-13(10-12)6-7-19-16/h1-5,8,10,15,18H,6-7,9H2. The van der Waals surface area contributed by atoms with Gasteiger partial charge in [-0.05, 0) is 41.0 Å². The van der Waals surface area contributed by atoms with Crippen molar-refractivity contribution in [2.75, 3.05) is 6.61 Å². The molecule has 1 atom stereocenters. The summed E-state index contributed by atoms with van der Waals surface area (Å²) in [6.07, 6.45) is 0.983. The Hall–Kier alpha value is -1.51. The zero-order valence-electron chi connectivity index (χ0n) is 10.5. The number of aliphatic hydroxyl groups excluding tert-OH is 1. The van der Waals surface area contributed by atoms with Gasteiger partial charge >= 0.3 is 0 Å². The Labute approximate surface area is 117 Å². The number of fused-ring (bicyclic) bond motifs is 1. The minimum Gasteiger partial charge on any atom is -0.493 e. The molecule has 0 amide bonds. The third-order valence-corrected chi connectivity index (χ3v) is 3.65. The van der Waals surface area contributed by atoms with Crippen molar-refractivity contribution >= 4 is 11.6 Å². The third kappa shape index (κ3) is 2.75. The summed E-state index contributed by atoms with van der Waals surface area (Å²) in [7, 11) is 0. The van der Waals surface area contributed by atoms with Crippen molar-refractivity contribution < 1.29 is 9.84 Å². The molecular weight excluding hydrogens is 260 g/mol. The Balaban J connectivity index is 1.78. The van der Waals surface area contributed by atoms with Gasteiger partial charge < -0.3 is 9.84 Å². The van der Waals surface area contributed by atoms with Crippen LogP contribution in [0.15, 0.2) is 42.5 Å². The van der Waals surface area contributed by atoms with Gasteiger partial charge in [0.15, 0.2) is 0 Å². The first-order chi connectivity index (χ1) is 9.22. The van der Waals surface area contributed by atoms with Gasteiger partial charge in [0.1, 0.15) is 5.75 Å². The van der Waals surface area contributed by atoms with Crippen LogP contribution >= 0.6 is 11.6 Å². The average Bonchev–Trinajstić information content (AvgIpc) is 2.85. The summed E-state index contributed by atoms with van der Waals surface area (Å²) < 4.78 is 5.47. The average molecular weight is 275 g/mol. The van der Waals surface area contributed by atoms with E-state index in [4.69, 9.17) is 16.3 Å². The highest BCUT2D eigenvalue weighted by Crippen LogP contribution is 2.29. The van der Waals surface area contributed by atoms with Gasteiger partial charge in [-0.15, -0.1) is 0 Å². The minimum absolute atomic E-state index is 0.510. The second-order valence-corrected chi connectivity index (χ2v) is 5.25. The first kappa shape index (κ1) is 12.5. The van der Waals surface area contributed by atoms with E-state index in [9.17, 15) is 5.11 Å². The van der Waals surface area contributed by atoms with Crippen LogP contribution in [0, 0.1) is 0 Å². The molecule has 0 bridgehead atoms. The summed E-state index contributed by atoms with van der Waals surface area (Å²) in [5, 5.41) is 11.0. The van der Waals surface area contributed by atoms with Crippen molar-refractivity contribution in [3.05, 3.63) is 64.2 Å². The van der Waals surface area contributed by atoms with Gasteiger partial charge in [0.25, 0.3) is 0 Å². The molecule has 0 aromatic heterocycles. The van der Waals surface area contributed by atoms with E-state index in [0.717, 1.165) is 29.9 Å². The van der Waals surface area contributed by atoms with Gasteiger partial charge in [-0.3, -0.25) is 0 Å². The van der Waals surface area contributed by atoms with Gasteiger partial charge in [-0.2, -0.15) is 0 Å². The summed E-state index contributed by atoms with van der Waals surface area (Å²) in [5.74, 6) is 0.943. The van der Waals surface area contributed by atoms with Gasteiger partial charge in [-0.1, -0.05) is 29.8 Å². The molecule has 98 valence electrons. The van der Waals surface area contributed by atoms with Crippen LogP contribution in [0.1, 0.15) is 22.8 Å². The number of hydrogen-bond donors (Lipinski definition) is 1. The number of ether oxygens (including phenoxy) is 1. The number of hydrogen-bond acceptors (Lipinski definition) is 2. The first-order valence-electron chi connectivity index (χ1n) is 6.40. The second-order valence-electron chi connectivity index (χ2n) is 4.82. The highest BCUT2D eigenvalue weighted by molar-refractivity contribution is 6.30. The molecule has 1 unspecified atom stereocenters. The van der Waals surface area contributed by atoms with E-state index in [1.807, 2.05) is 42.5 Å². The van der Waals surface area contributed by atoms with Crippen molar-refractivity contribution in [2.24, 2.45) is 0 Å². The van der Waals surface area contributed by atoms with Crippen molar-refractivity contribution in [3.63, 3.8) is 0 Å². The van der Waals surface area contributed by atoms with Crippen molar-refractivity contribution in [3.8, 4) is 5.75 Å². The number of halogens is 1. The Bertz CT molecular complexity index is 595. The van der Waals surface area contributed by atoms with Crippen molar-refractivity contribution in [2.45, 2.75) is 18.9 Å². The first-order valence-corrected chi connectivity index (χ1v) is 6.78. The molecule has 0 saturated heterocycles. The molecule has 19 heavy (non-hydrogen) atoms. The molecule has 3 heteroatoms. The number of rotatable bonds is 3. The lowest BCUT2D eigenvalue weighted by atomic mass is 9.99. The lowest BCUT2D eigenvalue weighted by molar-refractivity contribution is 0.178. The predicted molar refractivity (Wildman–Crippen MR) is 75.8 cm³/mol. The predicted octanol–water partition coefficient (Wildman–Crippen LogP) is 3.55. The Morgan fingerprint density at radius 2 is 2.11 bits per heavy atom. The highest BCUT2D eigenvalue weighted by atomic mass is 35.5. The molecule has 1 heterocycles. The molecule has 2 aromatic rings. The minimum atomic E-state index is -0.510. The highest BCUT2D eigenvalue weighted by Gasteiger charge is 2.15. The topological polar surface area (TPSA) is 29.5 Å². The number of aliphatic hydroxyl groups is 1. The van der Waals surface area contributed by atoms with Crippen molar-refractivity contribution in [1.82, 2.24) is 0 Å². The smallest absolute Gasteiger partial charge is 0.122 e. The van der Waals surface area contributed by atoms with Gasteiger partial charge in [-0.25, -0.2) is 0 Å². The molecule has 3 rings (SSSR count). The fourth-order valence-electron chi connectivity index (χ4n) is 2.42. The summed E-state index contributed by atoms with van der Waals surface area (Å²) in [6.45, 7) is 0.739. The van der Waals surface area contributed by atoms with E-state index >= 15 is 0 Å². The van der Waals surface area contributed by atoms with Crippen LogP contribution < -0.4 is 4.74 Å². The number of benzene rings is 2. The molecule has 0 radical (unpaired) electrons. The molecule has 2 nitrogen and oxygen atoms in total. The van der Waals surface area contributed by atoms with Crippen LogP contribution in [-0.4, -0.2) is 11.7 Å². The van der Waals surface area contributed by atoms with Gasteiger partial charge in [0.2, 0.25) is 0 Å². The molecule has 0 spiro atoms. The van der Waals surface area contributed by atoms with E-state index < -0.39 is 6.10 Å². The van der Waals surface area contributed by atoms with Crippen LogP contribution in [0.5, 0.6) is 5.75 Å². The van der Waals surface area contributed by atoms with E-state index in [1.54, 1.807) is 0 Å². The summed E-state index contributed by atoms with van der Waals surface area (Å²) in [5.41, 5.74) is 3.16. The zero-order chi connectivity index (χ0) is 13.2. The van der Waals surface area contributed by atoms with Crippen molar-refractivity contribution in [1.29, 1.82) is 0 Å². The molecule has 1 aliphatic rings. The maximum absolute atomic E-state index is 10.3. The van der Waals surface area contributed by atoms with E-state index in [0.29, 0.717) is 11.4 Å². The molecule has 0 saturated carbocycles. The van der Waals surface area contributed by atoms with Crippen LogP contribution in [0.4, 0.5) is 0 Å².